The lowest BCUT2D eigenvalue weighted by Crippen LogP contribution is -1.87. The molecule has 0 amide bonds. The van der Waals surface area contributed by atoms with Crippen molar-refractivity contribution in [3.8, 4) is 66.8 Å². The lowest BCUT2D eigenvalue weighted by molar-refractivity contribution is 1.45. The predicted octanol–water partition coefficient (Wildman–Crippen LogP) is 15.2. The smallest absolute Gasteiger partial charge is 0.0172 e. The highest BCUT2D eigenvalue weighted by Crippen LogP contribution is 2.35. The third-order valence-electron chi connectivity index (χ3n) is 10.1. The van der Waals surface area contributed by atoms with Crippen molar-refractivity contribution in [1.29, 1.82) is 0 Å². The van der Waals surface area contributed by atoms with Crippen LogP contribution in [-0.4, -0.2) is 0 Å². The second-order valence-corrected chi connectivity index (χ2v) is 14.8. The molecule has 0 saturated heterocycles. The van der Waals surface area contributed by atoms with Gasteiger partial charge >= 0.3 is 0 Å². The fourth-order valence-corrected chi connectivity index (χ4v) is 6.97. The molecule has 0 fully saturated rings. The van der Waals surface area contributed by atoms with Crippen molar-refractivity contribution in [2.75, 3.05) is 0 Å². The Balaban J connectivity index is 0.000000167. The minimum absolute atomic E-state index is 1.25. The number of aryl methyl sites for hydroxylation is 6. The summed E-state index contributed by atoms with van der Waals surface area (Å²) in [5, 5.41) is 0. The second-order valence-electron chi connectivity index (χ2n) is 14.8. The van der Waals surface area contributed by atoms with E-state index in [9.17, 15) is 0 Å². The molecule has 0 atom stereocenters. The molecule has 0 heteroatoms. The second kappa shape index (κ2) is 16.2. The van der Waals surface area contributed by atoms with Gasteiger partial charge in [0, 0.05) is 0 Å². The SMILES string of the molecule is Cc1ccc(-c2cc(-c3ccc(C)cc3)cc(-c3ccc(C)cc3)c2)cc1.Cc1cccc(-c2cc(-c3cccc(C)c3)cc(-c3cccc(C)c3)c2)c1. The van der Waals surface area contributed by atoms with Crippen LogP contribution in [0.3, 0.4) is 0 Å². The Labute approximate surface area is 322 Å². The van der Waals surface area contributed by atoms with E-state index in [4.69, 9.17) is 0 Å². The molecule has 0 saturated carbocycles. The highest BCUT2D eigenvalue weighted by atomic mass is 14.1. The number of rotatable bonds is 6. The lowest BCUT2D eigenvalue weighted by Gasteiger charge is -2.12. The molecule has 8 aromatic rings. The molecule has 54 heavy (non-hydrogen) atoms. The Hall–Kier alpha value is -6.24. The monoisotopic (exact) mass is 696 g/mol. The summed E-state index contributed by atoms with van der Waals surface area (Å²) in [6, 6.07) is 66.4. The summed E-state index contributed by atoms with van der Waals surface area (Å²) in [5.74, 6) is 0. The van der Waals surface area contributed by atoms with Crippen LogP contribution in [-0.2, 0) is 0 Å². The molecule has 0 heterocycles. The van der Waals surface area contributed by atoms with Gasteiger partial charge < -0.3 is 0 Å². The first-order valence-corrected chi connectivity index (χ1v) is 18.9. The molecule has 0 bridgehead atoms. The minimum atomic E-state index is 1.25. The van der Waals surface area contributed by atoms with Gasteiger partial charge in [0.2, 0.25) is 0 Å². The molecular weight excluding hydrogens is 649 g/mol. The molecule has 0 N–H and O–H groups in total. The van der Waals surface area contributed by atoms with Crippen LogP contribution in [0.25, 0.3) is 66.8 Å². The molecule has 0 aliphatic carbocycles. The number of hydrogen-bond acceptors (Lipinski definition) is 0. The highest BCUT2D eigenvalue weighted by molar-refractivity contribution is 5.83. The first kappa shape index (κ1) is 36.1. The van der Waals surface area contributed by atoms with Crippen LogP contribution in [0.2, 0.25) is 0 Å². The fourth-order valence-electron chi connectivity index (χ4n) is 6.97. The maximum absolute atomic E-state index is 2.31. The Bertz CT molecular complexity index is 2210. The first-order chi connectivity index (χ1) is 26.2. The summed E-state index contributed by atoms with van der Waals surface area (Å²) in [7, 11) is 0. The molecule has 8 aromatic carbocycles. The maximum Gasteiger partial charge on any atom is -0.0172 e. The summed E-state index contributed by atoms with van der Waals surface area (Å²) in [6.07, 6.45) is 0. The van der Waals surface area contributed by atoms with Crippen molar-refractivity contribution in [2.24, 2.45) is 0 Å². The van der Waals surface area contributed by atoms with Gasteiger partial charge in [-0.2, -0.15) is 0 Å². The molecule has 0 nitrogen and oxygen atoms in total. The van der Waals surface area contributed by atoms with Crippen LogP contribution in [0.4, 0.5) is 0 Å². The quantitative estimate of drug-likeness (QED) is 0.162. The van der Waals surface area contributed by atoms with E-state index in [1.54, 1.807) is 0 Å². The number of benzene rings is 8. The fraction of sp³-hybridized carbons (Fsp3) is 0.111. The molecule has 8 rings (SSSR count). The number of hydrogen-bond donors (Lipinski definition) is 0. The van der Waals surface area contributed by atoms with Gasteiger partial charge in [-0.05, 0) is 145 Å². The van der Waals surface area contributed by atoms with Crippen molar-refractivity contribution >= 4 is 0 Å². The average Bonchev–Trinajstić information content (AvgIpc) is 3.19. The predicted molar refractivity (Wildman–Crippen MR) is 234 cm³/mol. The molecular formula is C54H48. The third-order valence-corrected chi connectivity index (χ3v) is 10.1. The van der Waals surface area contributed by atoms with Gasteiger partial charge in [0.1, 0.15) is 0 Å². The zero-order valence-electron chi connectivity index (χ0n) is 32.3. The zero-order chi connectivity index (χ0) is 37.6. The van der Waals surface area contributed by atoms with Gasteiger partial charge in [0.05, 0.1) is 0 Å². The van der Waals surface area contributed by atoms with Gasteiger partial charge in [-0.3, -0.25) is 0 Å². The summed E-state index contributed by atoms with van der Waals surface area (Å²) in [4.78, 5) is 0. The Morgan fingerprint density at radius 1 is 0.167 bits per heavy atom. The van der Waals surface area contributed by atoms with Crippen LogP contribution in [0, 0.1) is 41.5 Å². The molecule has 0 aliphatic heterocycles. The molecule has 0 spiro atoms. The molecule has 0 aromatic heterocycles. The van der Waals surface area contributed by atoms with Gasteiger partial charge in [-0.25, -0.2) is 0 Å². The first-order valence-electron chi connectivity index (χ1n) is 18.9. The van der Waals surface area contributed by atoms with Gasteiger partial charge in [0.15, 0.2) is 0 Å². The van der Waals surface area contributed by atoms with Crippen LogP contribution in [0.1, 0.15) is 33.4 Å². The summed E-state index contributed by atoms with van der Waals surface area (Å²) in [6.45, 7) is 12.8. The highest BCUT2D eigenvalue weighted by Gasteiger charge is 2.10. The largest absolute Gasteiger partial charge is 0.0614 e. The van der Waals surface area contributed by atoms with E-state index in [0.717, 1.165) is 0 Å². The van der Waals surface area contributed by atoms with E-state index < -0.39 is 0 Å². The summed E-state index contributed by atoms with van der Waals surface area (Å²) >= 11 is 0. The Kier molecular flexibility index (Phi) is 10.8. The summed E-state index contributed by atoms with van der Waals surface area (Å²) < 4.78 is 0. The molecule has 0 aliphatic rings. The zero-order valence-corrected chi connectivity index (χ0v) is 32.3. The van der Waals surface area contributed by atoms with E-state index in [0.29, 0.717) is 0 Å². The van der Waals surface area contributed by atoms with Gasteiger partial charge in [-0.1, -0.05) is 179 Å². The van der Waals surface area contributed by atoms with Crippen molar-refractivity contribution < 1.29 is 0 Å². The molecule has 0 radical (unpaired) electrons. The van der Waals surface area contributed by atoms with Crippen molar-refractivity contribution in [3.05, 3.63) is 215 Å². The van der Waals surface area contributed by atoms with Crippen LogP contribution < -0.4 is 0 Å². The topological polar surface area (TPSA) is 0 Å². The average molecular weight is 697 g/mol. The van der Waals surface area contributed by atoms with Crippen molar-refractivity contribution in [2.45, 2.75) is 41.5 Å². The molecule has 0 unspecified atom stereocenters. The summed E-state index contributed by atoms with van der Waals surface area (Å²) in [5.41, 5.74) is 22.8. The standard InChI is InChI=1S/2C27H24/c1-19-4-10-22(11-5-19)25-16-26(23-12-6-20(2)7-13-23)18-27(17-25)24-14-8-21(3)9-15-24;1-19-7-4-10-22(13-19)25-16-26(23-11-5-8-20(2)14-23)18-27(17-25)24-12-6-9-21(3)15-24/h2*4-18H,1-3H3. The lowest BCUT2D eigenvalue weighted by atomic mass is 9.92. The maximum atomic E-state index is 2.31. The third kappa shape index (κ3) is 8.85. The van der Waals surface area contributed by atoms with Gasteiger partial charge in [0.25, 0.3) is 0 Å². The van der Waals surface area contributed by atoms with Gasteiger partial charge in [-0.15, -0.1) is 0 Å². The van der Waals surface area contributed by atoms with Crippen LogP contribution in [0.5, 0.6) is 0 Å². The van der Waals surface area contributed by atoms with E-state index in [2.05, 4.69) is 224 Å². The Morgan fingerprint density at radius 3 is 0.611 bits per heavy atom. The van der Waals surface area contributed by atoms with Crippen LogP contribution >= 0.6 is 0 Å². The van der Waals surface area contributed by atoms with E-state index in [1.165, 1.54) is 100 Å². The van der Waals surface area contributed by atoms with E-state index in [-0.39, 0.29) is 0 Å². The molecule has 264 valence electrons. The van der Waals surface area contributed by atoms with Crippen molar-refractivity contribution in [1.82, 2.24) is 0 Å². The van der Waals surface area contributed by atoms with Crippen LogP contribution in [0.15, 0.2) is 182 Å². The Morgan fingerprint density at radius 2 is 0.389 bits per heavy atom. The van der Waals surface area contributed by atoms with E-state index >= 15 is 0 Å². The van der Waals surface area contributed by atoms with E-state index in [1.807, 2.05) is 0 Å². The normalized spacial score (nSPS) is 10.8. The minimum Gasteiger partial charge on any atom is -0.0614 e. The van der Waals surface area contributed by atoms with Crippen molar-refractivity contribution in [3.63, 3.8) is 0 Å².